The highest BCUT2D eigenvalue weighted by Gasteiger charge is 2.08. The van der Waals surface area contributed by atoms with Gasteiger partial charge in [0.25, 0.3) is 5.91 Å². The second-order valence-electron chi connectivity index (χ2n) is 3.50. The lowest BCUT2D eigenvalue weighted by atomic mass is 10.1. The van der Waals surface area contributed by atoms with Crippen molar-refractivity contribution in [2.24, 2.45) is 0 Å². The van der Waals surface area contributed by atoms with Gasteiger partial charge in [0.1, 0.15) is 6.23 Å². The fourth-order valence-electron chi connectivity index (χ4n) is 1.28. The van der Waals surface area contributed by atoms with Crippen LogP contribution in [0, 0.1) is 0 Å². The zero-order valence-corrected chi connectivity index (χ0v) is 9.36. The number of ketones is 1. The van der Waals surface area contributed by atoms with Crippen LogP contribution in [0.4, 0.5) is 0 Å². The van der Waals surface area contributed by atoms with Gasteiger partial charge in [0.05, 0.1) is 0 Å². The van der Waals surface area contributed by atoms with Crippen molar-refractivity contribution in [3.05, 3.63) is 35.4 Å². The van der Waals surface area contributed by atoms with Gasteiger partial charge in [-0.15, -0.1) is 0 Å². The molecule has 1 aromatic rings. The SMILES string of the molecule is CCC(=O)c1ccc(C(=O)NC(C)O)cc1. The smallest absolute Gasteiger partial charge is 0.253 e. The highest BCUT2D eigenvalue weighted by atomic mass is 16.3. The van der Waals surface area contributed by atoms with E-state index < -0.39 is 6.23 Å². The van der Waals surface area contributed by atoms with E-state index in [1.54, 1.807) is 31.2 Å². The summed E-state index contributed by atoms with van der Waals surface area (Å²) in [6, 6.07) is 6.37. The zero-order valence-electron chi connectivity index (χ0n) is 9.36. The van der Waals surface area contributed by atoms with E-state index in [1.807, 2.05) is 0 Å². The molecule has 0 radical (unpaired) electrons. The van der Waals surface area contributed by atoms with E-state index in [0.29, 0.717) is 17.5 Å². The normalized spacial score (nSPS) is 11.9. The molecule has 1 amide bonds. The maximum atomic E-state index is 11.4. The van der Waals surface area contributed by atoms with E-state index in [-0.39, 0.29) is 11.7 Å². The van der Waals surface area contributed by atoms with Crippen molar-refractivity contribution in [2.45, 2.75) is 26.5 Å². The summed E-state index contributed by atoms with van der Waals surface area (Å²) in [7, 11) is 0. The molecule has 0 saturated heterocycles. The van der Waals surface area contributed by atoms with Gasteiger partial charge in [0, 0.05) is 17.5 Å². The number of carbonyl (C=O) groups excluding carboxylic acids is 2. The van der Waals surface area contributed by atoms with Gasteiger partial charge in [0.2, 0.25) is 0 Å². The molecule has 0 aliphatic heterocycles. The Kier molecular flexibility index (Phi) is 4.19. The third-order valence-corrected chi connectivity index (χ3v) is 2.13. The molecule has 0 aliphatic rings. The van der Waals surface area contributed by atoms with Crippen molar-refractivity contribution in [3.8, 4) is 0 Å². The van der Waals surface area contributed by atoms with E-state index in [9.17, 15) is 9.59 Å². The molecule has 4 nitrogen and oxygen atoms in total. The Morgan fingerprint density at radius 3 is 2.19 bits per heavy atom. The second-order valence-corrected chi connectivity index (χ2v) is 3.50. The summed E-state index contributed by atoms with van der Waals surface area (Å²) in [5.41, 5.74) is 1.02. The molecule has 0 saturated carbocycles. The van der Waals surface area contributed by atoms with E-state index in [2.05, 4.69) is 5.32 Å². The molecule has 0 fully saturated rings. The molecule has 1 aromatic carbocycles. The molecule has 1 unspecified atom stereocenters. The number of hydrogen-bond donors (Lipinski definition) is 2. The van der Waals surface area contributed by atoms with Gasteiger partial charge in [-0.25, -0.2) is 0 Å². The van der Waals surface area contributed by atoms with Crippen LogP contribution in [0.5, 0.6) is 0 Å². The van der Waals surface area contributed by atoms with Crippen molar-refractivity contribution in [1.29, 1.82) is 0 Å². The summed E-state index contributed by atoms with van der Waals surface area (Å²) >= 11 is 0. The molecular weight excluding hydrogens is 206 g/mol. The van der Waals surface area contributed by atoms with Crippen LogP contribution in [0.15, 0.2) is 24.3 Å². The van der Waals surface area contributed by atoms with Crippen molar-refractivity contribution in [1.82, 2.24) is 5.32 Å². The monoisotopic (exact) mass is 221 g/mol. The minimum atomic E-state index is -0.885. The lowest BCUT2D eigenvalue weighted by molar-refractivity contribution is 0.0818. The van der Waals surface area contributed by atoms with Gasteiger partial charge in [-0.05, 0) is 19.1 Å². The van der Waals surface area contributed by atoms with Crippen LogP contribution in [0.1, 0.15) is 41.0 Å². The largest absolute Gasteiger partial charge is 0.374 e. The molecule has 86 valence electrons. The first kappa shape index (κ1) is 12.4. The predicted molar refractivity (Wildman–Crippen MR) is 60.2 cm³/mol. The fraction of sp³-hybridized carbons (Fsp3) is 0.333. The third-order valence-electron chi connectivity index (χ3n) is 2.13. The van der Waals surface area contributed by atoms with E-state index in [0.717, 1.165) is 0 Å². The highest BCUT2D eigenvalue weighted by molar-refractivity contribution is 5.98. The van der Waals surface area contributed by atoms with Crippen molar-refractivity contribution >= 4 is 11.7 Å². The molecule has 0 aromatic heterocycles. The third kappa shape index (κ3) is 3.17. The van der Waals surface area contributed by atoms with Gasteiger partial charge >= 0.3 is 0 Å². The van der Waals surface area contributed by atoms with Crippen LogP contribution in [0.2, 0.25) is 0 Å². The van der Waals surface area contributed by atoms with Crippen LogP contribution < -0.4 is 5.32 Å². The van der Waals surface area contributed by atoms with Crippen molar-refractivity contribution in [3.63, 3.8) is 0 Å². The minimum absolute atomic E-state index is 0.0440. The number of carbonyl (C=O) groups is 2. The highest BCUT2D eigenvalue weighted by Crippen LogP contribution is 2.07. The molecule has 1 rings (SSSR count). The number of Topliss-reactive ketones (excluding diaryl/α,β-unsaturated/α-hetero) is 1. The molecule has 4 heteroatoms. The van der Waals surface area contributed by atoms with Crippen LogP contribution in [0.3, 0.4) is 0 Å². The number of nitrogens with one attached hydrogen (secondary N) is 1. The summed E-state index contributed by atoms with van der Waals surface area (Å²) in [5, 5.41) is 11.3. The molecule has 0 spiro atoms. The summed E-state index contributed by atoms with van der Waals surface area (Å²) in [6.45, 7) is 3.25. The molecule has 1 atom stereocenters. The summed E-state index contributed by atoms with van der Waals surface area (Å²) in [4.78, 5) is 22.8. The fourth-order valence-corrected chi connectivity index (χ4v) is 1.28. The molecule has 16 heavy (non-hydrogen) atoms. The molecule has 0 aliphatic carbocycles. The summed E-state index contributed by atoms with van der Waals surface area (Å²) < 4.78 is 0. The van der Waals surface area contributed by atoms with Crippen LogP contribution in [-0.2, 0) is 0 Å². The molecule has 0 bridgehead atoms. The Balaban J connectivity index is 2.78. The standard InChI is InChI=1S/C12H15NO3/c1-3-11(15)9-4-6-10(7-5-9)12(16)13-8(2)14/h4-8,14H,3H2,1-2H3,(H,13,16). The average Bonchev–Trinajstić information content (AvgIpc) is 2.27. The van der Waals surface area contributed by atoms with Gasteiger partial charge in [-0.2, -0.15) is 0 Å². The number of benzene rings is 1. The average molecular weight is 221 g/mol. The van der Waals surface area contributed by atoms with Crippen molar-refractivity contribution < 1.29 is 14.7 Å². The van der Waals surface area contributed by atoms with Gasteiger partial charge < -0.3 is 10.4 Å². The number of aliphatic hydroxyl groups is 1. The van der Waals surface area contributed by atoms with E-state index in [1.165, 1.54) is 6.92 Å². The van der Waals surface area contributed by atoms with Crippen LogP contribution >= 0.6 is 0 Å². The minimum Gasteiger partial charge on any atom is -0.374 e. The Morgan fingerprint density at radius 1 is 1.25 bits per heavy atom. The number of hydrogen-bond acceptors (Lipinski definition) is 3. The van der Waals surface area contributed by atoms with Gasteiger partial charge in [0.15, 0.2) is 5.78 Å². The maximum Gasteiger partial charge on any atom is 0.253 e. The summed E-state index contributed by atoms with van der Waals surface area (Å²) in [6.07, 6.45) is -0.441. The Bertz CT molecular complexity index is 382. The van der Waals surface area contributed by atoms with Gasteiger partial charge in [-0.1, -0.05) is 19.1 Å². The molecule has 0 heterocycles. The first-order valence-electron chi connectivity index (χ1n) is 5.16. The number of aliphatic hydroxyl groups excluding tert-OH is 1. The quantitative estimate of drug-likeness (QED) is 0.595. The Hall–Kier alpha value is -1.68. The second kappa shape index (κ2) is 5.42. The topological polar surface area (TPSA) is 66.4 Å². The number of rotatable bonds is 4. The predicted octanol–water partition coefficient (Wildman–Crippen LogP) is 1.35. The zero-order chi connectivity index (χ0) is 12.1. The van der Waals surface area contributed by atoms with Crippen molar-refractivity contribution in [2.75, 3.05) is 0 Å². The number of amides is 1. The summed E-state index contributed by atoms with van der Waals surface area (Å²) in [5.74, 6) is -0.312. The Labute approximate surface area is 94.3 Å². The molecule has 2 N–H and O–H groups in total. The van der Waals surface area contributed by atoms with Gasteiger partial charge in [-0.3, -0.25) is 9.59 Å². The molecular formula is C12H15NO3. The van der Waals surface area contributed by atoms with Crippen LogP contribution in [0.25, 0.3) is 0 Å². The van der Waals surface area contributed by atoms with E-state index in [4.69, 9.17) is 5.11 Å². The Morgan fingerprint density at radius 2 is 1.75 bits per heavy atom. The van der Waals surface area contributed by atoms with E-state index >= 15 is 0 Å². The lowest BCUT2D eigenvalue weighted by Crippen LogP contribution is -2.32. The first-order valence-corrected chi connectivity index (χ1v) is 5.16. The first-order chi connectivity index (χ1) is 7.54. The van der Waals surface area contributed by atoms with Crippen LogP contribution in [-0.4, -0.2) is 23.0 Å². The maximum absolute atomic E-state index is 11.4. The lowest BCUT2D eigenvalue weighted by Gasteiger charge is -2.07.